The Balaban J connectivity index is 2.07. The minimum Gasteiger partial charge on any atom is -0.507 e. The van der Waals surface area contributed by atoms with Crippen LogP contribution in [-0.4, -0.2) is 29.3 Å². The molecule has 0 aromatic heterocycles. The fourth-order valence-corrected chi connectivity index (χ4v) is 1.91. The number of phenolic OH excluding ortho intramolecular Hbond substituents is 1. The Labute approximate surface area is 107 Å². The Kier molecular flexibility index (Phi) is 3.30. The van der Waals surface area contributed by atoms with Crippen molar-refractivity contribution in [2.45, 2.75) is 26.7 Å². The molecule has 0 heterocycles. The maximum atomic E-state index is 12.0. The van der Waals surface area contributed by atoms with Crippen LogP contribution in [0.15, 0.2) is 12.1 Å². The third-order valence-electron chi connectivity index (χ3n) is 3.86. The summed E-state index contributed by atoms with van der Waals surface area (Å²) in [5.41, 5.74) is 1.86. The van der Waals surface area contributed by atoms with E-state index in [2.05, 4.69) is 5.32 Å². The first-order valence-electron chi connectivity index (χ1n) is 6.17. The normalized spacial score (nSPS) is 16.4. The highest BCUT2D eigenvalue weighted by Gasteiger charge is 2.42. The van der Waals surface area contributed by atoms with Gasteiger partial charge < -0.3 is 15.5 Å². The lowest BCUT2D eigenvalue weighted by atomic mass is 10.0. The van der Waals surface area contributed by atoms with Gasteiger partial charge in [0.25, 0.3) is 5.91 Å². The molecule has 3 N–H and O–H groups in total. The second-order valence-corrected chi connectivity index (χ2v) is 5.24. The molecule has 1 aromatic carbocycles. The van der Waals surface area contributed by atoms with Gasteiger partial charge in [-0.2, -0.15) is 0 Å². The molecule has 1 fully saturated rings. The topological polar surface area (TPSA) is 69.6 Å². The number of phenols is 1. The number of rotatable bonds is 4. The van der Waals surface area contributed by atoms with Crippen molar-refractivity contribution in [3.05, 3.63) is 28.8 Å². The van der Waals surface area contributed by atoms with E-state index in [0.717, 1.165) is 24.0 Å². The Morgan fingerprint density at radius 1 is 1.39 bits per heavy atom. The standard InChI is InChI=1S/C14H19NO3/c1-9-3-4-11(12(17)10(9)2)13(18)15-7-14(8-16)5-6-14/h3-4,16-17H,5-8H2,1-2H3,(H,15,18). The van der Waals surface area contributed by atoms with E-state index in [1.54, 1.807) is 13.0 Å². The van der Waals surface area contributed by atoms with E-state index >= 15 is 0 Å². The largest absolute Gasteiger partial charge is 0.507 e. The molecule has 0 radical (unpaired) electrons. The van der Waals surface area contributed by atoms with Crippen molar-refractivity contribution >= 4 is 5.91 Å². The van der Waals surface area contributed by atoms with Crippen LogP contribution in [0, 0.1) is 19.3 Å². The number of amides is 1. The van der Waals surface area contributed by atoms with Crippen LogP contribution >= 0.6 is 0 Å². The molecule has 0 saturated heterocycles. The SMILES string of the molecule is Cc1ccc(C(=O)NCC2(CO)CC2)c(O)c1C. The summed E-state index contributed by atoms with van der Waals surface area (Å²) in [4.78, 5) is 12.0. The molecular weight excluding hydrogens is 230 g/mol. The van der Waals surface area contributed by atoms with E-state index in [0.29, 0.717) is 12.1 Å². The number of hydrogen-bond donors (Lipinski definition) is 3. The van der Waals surface area contributed by atoms with Gasteiger partial charge in [0, 0.05) is 12.0 Å². The van der Waals surface area contributed by atoms with Crippen LogP contribution in [0.4, 0.5) is 0 Å². The molecule has 0 unspecified atom stereocenters. The maximum Gasteiger partial charge on any atom is 0.255 e. The van der Waals surface area contributed by atoms with Gasteiger partial charge in [-0.1, -0.05) is 6.07 Å². The molecular formula is C14H19NO3. The Morgan fingerprint density at radius 3 is 2.61 bits per heavy atom. The van der Waals surface area contributed by atoms with Gasteiger partial charge in [0.15, 0.2) is 0 Å². The second-order valence-electron chi connectivity index (χ2n) is 5.24. The van der Waals surface area contributed by atoms with E-state index in [9.17, 15) is 15.0 Å². The van der Waals surface area contributed by atoms with Gasteiger partial charge in [-0.3, -0.25) is 4.79 Å². The number of carbonyl (C=O) groups excluding carboxylic acids is 1. The lowest BCUT2D eigenvalue weighted by molar-refractivity contribution is 0.0932. The van der Waals surface area contributed by atoms with Gasteiger partial charge in [0.1, 0.15) is 5.75 Å². The molecule has 1 saturated carbocycles. The molecule has 1 aliphatic carbocycles. The summed E-state index contributed by atoms with van der Waals surface area (Å²) >= 11 is 0. The number of aromatic hydroxyl groups is 1. The van der Waals surface area contributed by atoms with Crippen molar-refractivity contribution in [1.29, 1.82) is 0 Å². The van der Waals surface area contributed by atoms with Crippen LogP contribution in [0.5, 0.6) is 5.75 Å². The molecule has 2 rings (SSSR count). The second kappa shape index (κ2) is 4.61. The van der Waals surface area contributed by atoms with Gasteiger partial charge in [-0.05, 0) is 43.9 Å². The van der Waals surface area contributed by atoms with Crippen LogP contribution < -0.4 is 5.32 Å². The van der Waals surface area contributed by atoms with Crippen LogP contribution in [0.25, 0.3) is 0 Å². The highest BCUT2D eigenvalue weighted by atomic mass is 16.3. The summed E-state index contributed by atoms with van der Waals surface area (Å²) in [6, 6.07) is 3.45. The molecule has 0 aliphatic heterocycles. The van der Waals surface area contributed by atoms with E-state index in [1.165, 1.54) is 0 Å². The lowest BCUT2D eigenvalue weighted by Crippen LogP contribution is -2.31. The molecule has 1 aliphatic rings. The lowest BCUT2D eigenvalue weighted by Gasteiger charge is -2.14. The zero-order chi connectivity index (χ0) is 13.3. The van der Waals surface area contributed by atoms with E-state index < -0.39 is 0 Å². The summed E-state index contributed by atoms with van der Waals surface area (Å²) in [6.45, 7) is 4.25. The predicted octanol–water partition coefficient (Wildman–Crippen LogP) is 1.51. The van der Waals surface area contributed by atoms with Gasteiger partial charge in [0.2, 0.25) is 0 Å². The van der Waals surface area contributed by atoms with Crippen LogP contribution in [0.1, 0.15) is 34.3 Å². The zero-order valence-electron chi connectivity index (χ0n) is 10.8. The number of nitrogens with one attached hydrogen (secondary N) is 1. The van der Waals surface area contributed by atoms with Gasteiger partial charge in [0.05, 0.1) is 12.2 Å². The van der Waals surface area contributed by atoms with Crippen molar-refractivity contribution in [1.82, 2.24) is 5.32 Å². The molecule has 1 aromatic rings. The van der Waals surface area contributed by atoms with Crippen molar-refractivity contribution in [3.63, 3.8) is 0 Å². The van der Waals surface area contributed by atoms with Crippen molar-refractivity contribution in [3.8, 4) is 5.75 Å². The summed E-state index contributed by atoms with van der Waals surface area (Å²) in [5, 5.41) is 21.9. The smallest absolute Gasteiger partial charge is 0.255 e. The molecule has 18 heavy (non-hydrogen) atoms. The van der Waals surface area contributed by atoms with Crippen LogP contribution in [-0.2, 0) is 0 Å². The Hall–Kier alpha value is -1.55. The highest BCUT2D eigenvalue weighted by molar-refractivity contribution is 5.97. The highest BCUT2D eigenvalue weighted by Crippen LogP contribution is 2.44. The molecule has 98 valence electrons. The molecule has 4 heteroatoms. The number of aliphatic hydroxyl groups is 1. The van der Waals surface area contributed by atoms with Gasteiger partial charge in [-0.15, -0.1) is 0 Å². The van der Waals surface area contributed by atoms with Crippen molar-refractivity contribution < 1.29 is 15.0 Å². The van der Waals surface area contributed by atoms with E-state index in [-0.39, 0.29) is 23.7 Å². The average Bonchev–Trinajstić information content (AvgIpc) is 3.14. The quantitative estimate of drug-likeness (QED) is 0.757. The number of benzene rings is 1. The summed E-state index contributed by atoms with van der Waals surface area (Å²) < 4.78 is 0. The number of carbonyl (C=O) groups is 1. The van der Waals surface area contributed by atoms with E-state index in [1.807, 2.05) is 13.0 Å². The van der Waals surface area contributed by atoms with Crippen LogP contribution in [0.2, 0.25) is 0 Å². The zero-order valence-corrected chi connectivity index (χ0v) is 10.8. The third-order valence-corrected chi connectivity index (χ3v) is 3.86. The molecule has 4 nitrogen and oxygen atoms in total. The first-order chi connectivity index (χ1) is 8.49. The first-order valence-corrected chi connectivity index (χ1v) is 6.17. The number of aryl methyl sites for hydroxylation is 1. The van der Waals surface area contributed by atoms with Crippen LogP contribution in [0.3, 0.4) is 0 Å². The fraction of sp³-hybridized carbons (Fsp3) is 0.500. The fourth-order valence-electron chi connectivity index (χ4n) is 1.91. The minimum atomic E-state index is -0.282. The molecule has 1 amide bonds. The van der Waals surface area contributed by atoms with E-state index in [4.69, 9.17) is 0 Å². The first kappa shape index (κ1) is 12.9. The molecule has 0 bridgehead atoms. The van der Waals surface area contributed by atoms with Gasteiger partial charge >= 0.3 is 0 Å². The molecule has 0 atom stereocenters. The van der Waals surface area contributed by atoms with Crippen molar-refractivity contribution in [2.24, 2.45) is 5.41 Å². The Morgan fingerprint density at radius 2 is 2.06 bits per heavy atom. The Bertz CT molecular complexity index is 478. The maximum absolute atomic E-state index is 12.0. The summed E-state index contributed by atoms with van der Waals surface area (Å²) in [6.07, 6.45) is 1.89. The summed E-state index contributed by atoms with van der Waals surface area (Å²) in [5.74, 6) is -0.239. The summed E-state index contributed by atoms with van der Waals surface area (Å²) in [7, 11) is 0. The molecule has 0 spiro atoms. The average molecular weight is 249 g/mol. The third kappa shape index (κ3) is 2.34. The monoisotopic (exact) mass is 249 g/mol. The number of aliphatic hydroxyl groups excluding tert-OH is 1. The van der Waals surface area contributed by atoms with Gasteiger partial charge in [-0.25, -0.2) is 0 Å². The van der Waals surface area contributed by atoms with Crippen molar-refractivity contribution in [2.75, 3.05) is 13.2 Å². The number of hydrogen-bond acceptors (Lipinski definition) is 3. The minimum absolute atomic E-state index is 0.0429. The predicted molar refractivity (Wildman–Crippen MR) is 68.7 cm³/mol.